The van der Waals surface area contributed by atoms with E-state index >= 15 is 0 Å². The average molecular weight is 657 g/mol. The maximum atomic E-state index is 10.5. The van der Waals surface area contributed by atoms with Gasteiger partial charge in [0, 0.05) is 11.5 Å². The SMILES string of the molecule is C=C(C)C1CCC(C)=CC1c1c(O)cc(CCCCC)cc1O.[Cl][Pt].[NH-]C1CCCCC1[NH-]. The van der Waals surface area contributed by atoms with Crippen molar-refractivity contribution in [2.24, 2.45) is 5.92 Å². The fourth-order valence-corrected chi connectivity index (χ4v) is 4.78. The van der Waals surface area contributed by atoms with Crippen molar-refractivity contribution in [3.05, 3.63) is 58.5 Å². The van der Waals surface area contributed by atoms with Crippen LogP contribution in [0.15, 0.2) is 35.9 Å². The molecule has 4 unspecified atom stereocenters. The Hall–Kier alpha value is -0.802. The second kappa shape index (κ2) is 16.0. The third-order valence-corrected chi connectivity index (χ3v) is 6.74. The van der Waals surface area contributed by atoms with Crippen LogP contribution in [0.5, 0.6) is 11.5 Å². The summed E-state index contributed by atoms with van der Waals surface area (Å²) in [5, 5.41) is 21.1. The molecule has 2 aliphatic rings. The molecular weight excluding hydrogens is 615 g/mol. The van der Waals surface area contributed by atoms with E-state index in [-0.39, 0.29) is 35.4 Å². The molecule has 0 aromatic heterocycles. The molecule has 1 saturated carbocycles. The molecule has 0 spiro atoms. The number of hydrogen-bond acceptors (Lipinski definition) is 2. The zero-order chi connectivity index (χ0) is 25.0. The first-order valence-corrected chi connectivity index (χ1v) is 15.0. The van der Waals surface area contributed by atoms with Crippen LogP contribution in [0.4, 0.5) is 0 Å². The van der Waals surface area contributed by atoms with Gasteiger partial charge in [-0.2, -0.15) is 12.1 Å². The van der Waals surface area contributed by atoms with Crippen molar-refractivity contribution < 1.29 is 29.0 Å². The molecule has 1 fully saturated rings. The molecule has 0 bridgehead atoms. The fourth-order valence-electron chi connectivity index (χ4n) is 4.78. The number of rotatable bonds is 6. The first kappa shape index (κ1) is 30.2. The molecule has 1 aromatic carbocycles. The molecule has 0 aliphatic heterocycles. The van der Waals surface area contributed by atoms with Crippen molar-refractivity contribution in [3.63, 3.8) is 0 Å². The summed E-state index contributed by atoms with van der Waals surface area (Å²) >= 11 is 1.61. The number of hydrogen-bond donors (Lipinski definition) is 2. The molecule has 191 valence electrons. The van der Waals surface area contributed by atoms with Crippen LogP contribution in [0, 0.1) is 5.92 Å². The summed E-state index contributed by atoms with van der Waals surface area (Å²) in [6.45, 7) is 10.4. The molecule has 3 rings (SSSR count). The largest absolute Gasteiger partial charge is 0.676 e. The molecule has 4 N–H and O–H groups in total. The van der Waals surface area contributed by atoms with Crippen molar-refractivity contribution in [2.45, 2.75) is 103 Å². The zero-order valence-electron chi connectivity index (χ0n) is 20.4. The molecule has 6 heteroatoms. The smallest absolute Gasteiger partial charge is 0.0548 e. The van der Waals surface area contributed by atoms with Gasteiger partial charge in [-0.3, -0.25) is 0 Å². The number of phenolic OH excluding ortho intramolecular Hbond substituents is 2. The molecule has 4 atom stereocenters. The van der Waals surface area contributed by atoms with E-state index < -0.39 is 0 Å². The normalized spacial score (nSPS) is 24.5. The van der Waals surface area contributed by atoms with E-state index in [0.29, 0.717) is 5.56 Å². The van der Waals surface area contributed by atoms with Gasteiger partial charge in [0.15, 0.2) is 0 Å². The molecule has 4 nitrogen and oxygen atoms in total. The summed E-state index contributed by atoms with van der Waals surface area (Å²) in [4.78, 5) is 0. The van der Waals surface area contributed by atoms with Gasteiger partial charge < -0.3 is 21.7 Å². The summed E-state index contributed by atoms with van der Waals surface area (Å²) in [7, 11) is 4.61. The van der Waals surface area contributed by atoms with Crippen LogP contribution >= 0.6 is 9.42 Å². The van der Waals surface area contributed by atoms with Crippen LogP contribution in [-0.4, -0.2) is 22.3 Å². The number of aromatic hydroxyl groups is 2. The molecule has 0 amide bonds. The molecule has 0 saturated heterocycles. The van der Waals surface area contributed by atoms with Gasteiger partial charge >= 0.3 is 28.2 Å². The van der Waals surface area contributed by atoms with E-state index in [1.807, 2.05) is 19.1 Å². The number of unbranched alkanes of at least 4 members (excludes halogenated alkanes) is 2. The van der Waals surface area contributed by atoms with Crippen LogP contribution in [0.25, 0.3) is 11.5 Å². The Kier molecular flexibility index (Phi) is 14.6. The van der Waals surface area contributed by atoms with Gasteiger partial charge in [0.1, 0.15) is 11.5 Å². The van der Waals surface area contributed by atoms with Gasteiger partial charge in [-0.1, -0.05) is 69.2 Å². The fraction of sp³-hybridized carbons (Fsp3) is 0.630. The minimum Gasteiger partial charge on any atom is -0.676 e. The van der Waals surface area contributed by atoms with Crippen LogP contribution < -0.4 is 0 Å². The van der Waals surface area contributed by atoms with E-state index in [9.17, 15) is 10.2 Å². The third kappa shape index (κ3) is 9.76. The monoisotopic (exact) mass is 656 g/mol. The van der Waals surface area contributed by atoms with E-state index in [1.165, 1.54) is 31.3 Å². The van der Waals surface area contributed by atoms with Gasteiger partial charge in [0.2, 0.25) is 0 Å². The zero-order valence-corrected chi connectivity index (χ0v) is 23.4. The van der Waals surface area contributed by atoms with Gasteiger partial charge in [0.05, 0.1) is 0 Å². The number of phenols is 2. The minimum absolute atomic E-state index is 0.0194. The van der Waals surface area contributed by atoms with Crippen LogP contribution in [0.1, 0.15) is 95.6 Å². The third-order valence-electron chi connectivity index (χ3n) is 6.74. The number of benzene rings is 1. The Balaban J connectivity index is 0.000000454. The Bertz CT molecular complexity index is 735. The second-order valence-corrected chi connectivity index (χ2v) is 9.53. The summed E-state index contributed by atoms with van der Waals surface area (Å²) in [6.07, 6.45) is 12.9. The van der Waals surface area contributed by atoms with Gasteiger partial charge in [-0.05, 0) is 63.1 Å². The Morgan fingerprint density at radius 3 is 2.06 bits per heavy atom. The van der Waals surface area contributed by atoms with Crippen LogP contribution in [0.3, 0.4) is 0 Å². The van der Waals surface area contributed by atoms with Crippen molar-refractivity contribution in [2.75, 3.05) is 0 Å². The summed E-state index contributed by atoms with van der Waals surface area (Å²) in [6, 6.07) is 3.50. The first-order valence-electron chi connectivity index (χ1n) is 12.2. The molecule has 2 aliphatic carbocycles. The number of allylic oxidation sites excluding steroid dienone is 3. The number of aryl methyl sites for hydroxylation is 1. The average Bonchev–Trinajstić information content (AvgIpc) is 2.77. The van der Waals surface area contributed by atoms with Crippen molar-refractivity contribution in [1.82, 2.24) is 0 Å². The second-order valence-electron chi connectivity index (χ2n) is 9.53. The number of nitrogens with one attached hydrogen (secondary N) is 2. The first-order chi connectivity index (χ1) is 15.7. The molecule has 0 radical (unpaired) electrons. The topological polar surface area (TPSA) is 88.1 Å². The molecular formula is C27H42ClN2O2Pt-2. The Morgan fingerprint density at radius 1 is 1.06 bits per heavy atom. The predicted octanol–water partition coefficient (Wildman–Crippen LogP) is 8.94. The standard InChI is InChI=1S/C21H30O2.C6H12N2.ClH.Pt/c1-5-6-7-8-16-12-19(22)21(20(23)13-16)18-11-15(4)9-10-17(18)14(2)3;7-5-3-1-2-4-6(5)8;;/h11-13,17-18,22-23H,2,5-10H2,1,3-4H3;5-8H,1-4H2;1H;/q;-2;;+1/p-1. The number of halogens is 1. The van der Waals surface area contributed by atoms with Crippen LogP contribution in [0.2, 0.25) is 0 Å². The van der Waals surface area contributed by atoms with Crippen molar-refractivity contribution in [1.29, 1.82) is 0 Å². The van der Waals surface area contributed by atoms with E-state index in [2.05, 4.69) is 35.9 Å². The minimum atomic E-state index is -0.0799. The summed E-state index contributed by atoms with van der Waals surface area (Å²) in [5.74, 6) is 0.741. The van der Waals surface area contributed by atoms with E-state index in [0.717, 1.165) is 49.7 Å². The Morgan fingerprint density at radius 2 is 1.61 bits per heavy atom. The molecule has 1 aromatic rings. The van der Waals surface area contributed by atoms with Gasteiger partial charge in [-0.15, -0.1) is 0 Å². The van der Waals surface area contributed by atoms with Crippen molar-refractivity contribution >= 4 is 9.42 Å². The van der Waals surface area contributed by atoms with E-state index in [1.54, 1.807) is 18.8 Å². The molecule has 33 heavy (non-hydrogen) atoms. The maximum absolute atomic E-state index is 10.5. The predicted molar refractivity (Wildman–Crippen MR) is 138 cm³/mol. The Labute approximate surface area is 216 Å². The summed E-state index contributed by atoms with van der Waals surface area (Å²) in [5.41, 5.74) is 18.7. The van der Waals surface area contributed by atoms with E-state index in [4.69, 9.17) is 11.5 Å². The quantitative estimate of drug-likeness (QED) is 0.237. The maximum Gasteiger partial charge on any atom is -0.0548 e. The van der Waals surface area contributed by atoms with Gasteiger partial charge in [0.25, 0.3) is 0 Å². The molecule has 0 heterocycles. The van der Waals surface area contributed by atoms with Crippen molar-refractivity contribution in [3.8, 4) is 11.5 Å². The summed E-state index contributed by atoms with van der Waals surface area (Å²) < 4.78 is 0. The van der Waals surface area contributed by atoms with Gasteiger partial charge in [-0.25, -0.2) is 0 Å². The van der Waals surface area contributed by atoms with Crippen LogP contribution in [-0.2, 0) is 25.2 Å².